The third-order valence-corrected chi connectivity index (χ3v) is 6.93. The van der Waals surface area contributed by atoms with Gasteiger partial charge in [-0.3, -0.25) is 9.36 Å². The number of amides is 2. The van der Waals surface area contributed by atoms with Gasteiger partial charge in [-0.25, -0.2) is 14.8 Å². The van der Waals surface area contributed by atoms with Gasteiger partial charge in [0.2, 0.25) is 11.8 Å². The van der Waals surface area contributed by atoms with Crippen molar-refractivity contribution in [3.63, 3.8) is 0 Å². The Morgan fingerprint density at radius 3 is 1.74 bits per heavy atom. The molecule has 0 unspecified atom stereocenters. The van der Waals surface area contributed by atoms with Gasteiger partial charge in [0.1, 0.15) is 17.2 Å². The highest BCUT2D eigenvalue weighted by molar-refractivity contribution is 5.99. The zero-order chi connectivity index (χ0) is 38.1. The van der Waals surface area contributed by atoms with E-state index < -0.39 is 12.4 Å². The number of rotatable bonds is 9. The number of benzene rings is 3. The SMILES string of the molecule is Cn1cc(-c2nccc(Oc3cccc(N)c3)n2)cn1.Cn1cc(-c2nccc(Oc3cccc(NC(=O)Nc4ccc(OC(F)(F)F)cc4)c3)n2)cn1. The highest BCUT2D eigenvalue weighted by atomic mass is 19.4. The molecule has 4 heterocycles. The summed E-state index contributed by atoms with van der Waals surface area (Å²) < 4.78 is 55.3. The molecule has 0 aliphatic heterocycles. The molecule has 0 bridgehead atoms. The van der Waals surface area contributed by atoms with Crippen LogP contribution in [0.25, 0.3) is 22.8 Å². The largest absolute Gasteiger partial charge is 0.573 e. The summed E-state index contributed by atoms with van der Waals surface area (Å²) in [6.45, 7) is 0. The number of hydrogen-bond donors (Lipinski definition) is 3. The van der Waals surface area contributed by atoms with Crippen molar-refractivity contribution in [1.82, 2.24) is 39.5 Å². The highest BCUT2D eigenvalue weighted by Gasteiger charge is 2.31. The van der Waals surface area contributed by atoms with Crippen molar-refractivity contribution in [1.29, 1.82) is 0 Å². The van der Waals surface area contributed by atoms with E-state index in [2.05, 4.69) is 45.5 Å². The molecule has 2 amide bonds. The van der Waals surface area contributed by atoms with E-state index in [-0.39, 0.29) is 11.4 Å². The second kappa shape index (κ2) is 16.2. The van der Waals surface area contributed by atoms with Gasteiger partial charge in [0.15, 0.2) is 11.6 Å². The maximum atomic E-state index is 12.3. The average molecular weight is 738 g/mol. The summed E-state index contributed by atoms with van der Waals surface area (Å²) in [4.78, 5) is 29.4. The van der Waals surface area contributed by atoms with E-state index in [4.69, 9.17) is 15.2 Å². The predicted molar refractivity (Wildman–Crippen MR) is 192 cm³/mol. The summed E-state index contributed by atoms with van der Waals surface area (Å²) in [5, 5.41) is 13.3. The summed E-state index contributed by atoms with van der Waals surface area (Å²) in [5.41, 5.74) is 8.63. The van der Waals surface area contributed by atoms with Crippen LogP contribution in [0, 0.1) is 0 Å². The minimum Gasteiger partial charge on any atom is -0.439 e. The van der Waals surface area contributed by atoms with Gasteiger partial charge in [-0.05, 0) is 48.5 Å². The van der Waals surface area contributed by atoms with E-state index in [1.807, 2.05) is 25.4 Å². The third-order valence-electron chi connectivity index (χ3n) is 6.93. The fourth-order valence-electron chi connectivity index (χ4n) is 4.64. The lowest BCUT2D eigenvalue weighted by molar-refractivity contribution is -0.274. The number of nitrogen functional groups attached to an aromatic ring is 1. The van der Waals surface area contributed by atoms with Gasteiger partial charge in [-0.15, -0.1) is 13.2 Å². The van der Waals surface area contributed by atoms with Crippen molar-refractivity contribution in [3.05, 3.63) is 122 Å². The van der Waals surface area contributed by atoms with Crippen molar-refractivity contribution < 1.29 is 32.2 Å². The summed E-state index contributed by atoms with van der Waals surface area (Å²) in [6, 6.07) is 21.3. The minimum atomic E-state index is -4.79. The number of halogens is 3. The summed E-state index contributed by atoms with van der Waals surface area (Å²) in [6.07, 6.45) is 5.39. The number of ether oxygens (including phenoxy) is 3. The van der Waals surface area contributed by atoms with E-state index in [0.29, 0.717) is 46.3 Å². The van der Waals surface area contributed by atoms with E-state index in [9.17, 15) is 18.0 Å². The smallest absolute Gasteiger partial charge is 0.439 e. The number of nitrogens with zero attached hydrogens (tertiary/aromatic N) is 8. The van der Waals surface area contributed by atoms with Crippen LogP contribution in [0.5, 0.6) is 29.0 Å². The summed E-state index contributed by atoms with van der Waals surface area (Å²) >= 11 is 0. The number of carbonyl (C=O) groups is 1. The van der Waals surface area contributed by atoms with Crippen LogP contribution in [0.15, 0.2) is 122 Å². The van der Waals surface area contributed by atoms with E-state index in [0.717, 1.165) is 23.3 Å². The molecule has 4 N–H and O–H groups in total. The summed E-state index contributed by atoms with van der Waals surface area (Å²) in [7, 11) is 3.63. The Hall–Kier alpha value is -7.50. The third kappa shape index (κ3) is 10.5. The molecule has 274 valence electrons. The van der Waals surface area contributed by atoms with Crippen LogP contribution in [0.4, 0.5) is 35.0 Å². The standard InChI is InChI=1S/C22H17F3N6O3.C14H13N5O/c1-31-13-14(12-27-31)20-26-10-9-19(30-20)33-18-4-2-3-16(11-18)29-21(32)28-15-5-7-17(8-6-15)34-22(23,24)25;1-19-9-10(8-17-19)14-16-6-5-13(18-14)20-12-4-2-3-11(15)7-12/h2-13H,1H3,(H2,28,29,32);2-9H,15H2,1H3. The fourth-order valence-corrected chi connectivity index (χ4v) is 4.64. The first kappa shape index (κ1) is 36.3. The van der Waals surface area contributed by atoms with Crippen LogP contribution in [0.1, 0.15) is 0 Å². The lowest BCUT2D eigenvalue weighted by Crippen LogP contribution is -2.19. The minimum absolute atomic E-state index is 0.281. The van der Waals surface area contributed by atoms with Crippen molar-refractivity contribution >= 4 is 23.1 Å². The molecule has 7 aromatic rings. The molecule has 0 fully saturated rings. The number of aryl methyl sites for hydroxylation is 2. The molecule has 18 heteroatoms. The number of nitrogens with two attached hydrogens (primary N) is 1. The van der Waals surface area contributed by atoms with Crippen LogP contribution in [-0.2, 0) is 14.1 Å². The Morgan fingerprint density at radius 2 is 1.22 bits per heavy atom. The first-order valence-electron chi connectivity index (χ1n) is 15.8. The van der Waals surface area contributed by atoms with Crippen molar-refractivity contribution in [2.24, 2.45) is 14.1 Å². The molecule has 0 aliphatic rings. The van der Waals surface area contributed by atoms with Crippen molar-refractivity contribution in [2.75, 3.05) is 16.4 Å². The zero-order valence-electron chi connectivity index (χ0n) is 28.5. The number of anilines is 3. The van der Waals surface area contributed by atoms with E-state index >= 15 is 0 Å². The second-order valence-electron chi connectivity index (χ2n) is 11.2. The Morgan fingerprint density at radius 1 is 0.685 bits per heavy atom. The van der Waals surface area contributed by atoms with Crippen LogP contribution in [0.3, 0.4) is 0 Å². The molecule has 0 atom stereocenters. The van der Waals surface area contributed by atoms with Crippen LogP contribution >= 0.6 is 0 Å². The molecule has 3 aromatic carbocycles. The number of carbonyl (C=O) groups excluding carboxylic acids is 1. The molecule has 0 aliphatic carbocycles. The predicted octanol–water partition coefficient (Wildman–Crippen LogP) is 7.46. The number of nitrogens with one attached hydrogen (secondary N) is 2. The fraction of sp³-hybridized carbons (Fsp3) is 0.0833. The molecule has 0 spiro atoms. The number of aromatic nitrogens is 8. The van der Waals surface area contributed by atoms with Gasteiger partial charge in [0.05, 0.1) is 23.5 Å². The summed E-state index contributed by atoms with van der Waals surface area (Å²) in [5.74, 6) is 2.45. The molecule has 0 radical (unpaired) electrons. The number of alkyl halides is 3. The van der Waals surface area contributed by atoms with Crippen molar-refractivity contribution in [2.45, 2.75) is 6.36 Å². The second-order valence-corrected chi connectivity index (χ2v) is 11.2. The highest BCUT2D eigenvalue weighted by Crippen LogP contribution is 2.27. The number of hydrogen-bond acceptors (Lipinski definition) is 11. The van der Waals surface area contributed by atoms with Crippen LogP contribution in [-0.4, -0.2) is 51.9 Å². The van der Waals surface area contributed by atoms with Gasteiger partial charge in [-0.2, -0.15) is 20.2 Å². The zero-order valence-corrected chi connectivity index (χ0v) is 28.5. The Bertz CT molecular complexity index is 2350. The quantitative estimate of drug-likeness (QED) is 0.125. The van der Waals surface area contributed by atoms with Crippen LogP contribution < -0.4 is 30.6 Å². The lowest BCUT2D eigenvalue weighted by atomic mass is 10.3. The Labute approximate surface area is 305 Å². The Kier molecular flexibility index (Phi) is 10.9. The average Bonchev–Trinajstić information content (AvgIpc) is 3.77. The molecule has 0 saturated heterocycles. The maximum absolute atomic E-state index is 12.3. The van der Waals surface area contributed by atoms with Gasteiger partial charge in [0.25, 0.3) is 0 Å². The van der Waals surface area contributed by atoms with E-state index in [1.165, 1.54) is 12.1 Å². The molecule has 4 aromatic heterocycles. The maximum Gasteiger partial charge on any atom is 0.573 e. The number of urea groups is 1. The Balaban J connectivity index is 0.000000210. The van der Waals surface area contributed by atoms with Crippen LogP contribution in [0.2, 0.25) is 0 Å². The molecule has 0 saturated carbocycles. The van der Waals surface area contributed by atoms with Crippen molar-refractivity contribution in [3.8, 4) is 51.8 Å². The first-order valence-corrected chi connectivity index (χ1v) is 15.8. The molecule has 7 rings (SSSR count). The monoisotopic (exact) mass is 737 g/mol. The normalized spacial score (nSPS) is 10.8. The topological polar surface area (TPSA) is 182 Å². The molecule has 15 nitrogen and oxygen atoms in total. The van der Waals surface area contributed by atoms with Gasteiger partial charge in [-0.1, -0.05) is 12.1 Å². The molecular formula is C36H30F3N11O4. The molecule has 54 heavy (non-hydrogen) atoms. The van der Waals surface area contributed by atoms with Gasteiger partial charge in [0, 0.05) is 80.2 Å². The first-order chi connectivity index (χ1) is 25.9. The van der Waals surface area contributed by atoms with Gasteiger partial charge >= 0.3 is 12.4 Å². The van der Waals surface area contributed by atoms with Gasteiger partial charge < -0.3 is 30.6 Å². The lowest BCUT2D eigenvalue weighted by Gasteiger charge is -2.11. The molecular weight excluding hydrogens is 707 g/mol. The van der Waals surface area contributed by atoms with E-state index in [1.54, 1.807) is 95.9 Å².